The van der Waals surface area contributed by atoms with Crippen molar-refractivity contribution in [1.29, 1.82) is 0 Å². The molecular formula is C8H14N4O2. The molecule has 0 bridgehead atoms. The van der Waals surface area contributed by atoms with Crippen LogP contribution in [0.3, 0.4) is 0 Å². The molecule has 0 unspecified atom stereocenters. The maximum Gasteiger partial charge on any atom is 0.378 e. The number of nitrogens with one attached hydrogen (secondary N) is 2. The highest BCUT2D eigenvalue weighted by Crippen LogP contribution is 1.95. The van der Waals surface area contributed by atoms with Crippen LogP contribution in [0, 0.1) is 0 Å². The summed E-state index contributed by atoms with van der Waals surface area (Å²) in [6.45, 7) is 2.86. The molecule has 0 radical (unpaired) electrons. The fourth-order valence-electron chi connectivity index (χ4n) is 0.937. The van der Waals surface area contributed by atoms with Gasteiger partial charge >= 0.3 is 5.97 Å². The van der Waals surface area contributed by atoms with Crippen molar-refractivity contribution < 1.29 is 9.53 Å². The van der Waals surface area contributed by atoms with Gasteiger partial charge in [-0.15, -0.1) is 5.10 Å². The van der Waals surface area contributed by atoms with Gasteiger partial charge in [0.05, 0.1) is 6.61 Å². The third kappa shape index (κ3) is 2.81. The highest BCUT2D eigenvalue weighted by molar-refractivity contribution is 5.84. The van der Waals surface area contributed by atoms with E-state index in [0.717, 1.165) is 6.54 Å². The summed E-state index contributed by atoms with van der Waals surface area (Å²) in [5, 5.41) is 9.40. The number of aromatic amines is 1. The molecule has 0 aliphatic heterocycles. The molecule has 1 rings (SSSR count). The summed E-state index contributed by atoms with van der Waals surface area (Å²) in [6, 6.07) is 0. The number of likely N-dealkylation sites (N-methyl/N-ethyl adjacent to an activating group) is 1. The van der Waals surface area contributed by atoms with E-state index in [-0.39, 0.29) is 5.82 Å². The third-order valence-electron chi connectivity index (χ3n) is 1.60. The first-order valence-corrected chi connectivity index (χ1v) is 4.51. The predicted molar refractivity (Wildman–Crippen MR) is 50.0 cm³/mol. The summed E-state index contributed by atoms with van der Waals surface area (Å²) in [4.78, 5) is 15.1. The second-order valence-corrected chi connectivity index (χ2v) is 2.68. The second kappa shape index (κ2) is 5.33. The molecule has 6 nitrogen and oxygen atoms in total. The van der Waals surface area contributed by atoms with E-state index in [9.17, 15) is 4.79 Å². The van der Waals surface area contributed by atoms with E-state index < -0.39 is 5.97 Å². The van der Waals surface area contributed by atoms with Crippen LogP contribution in [0.1, 0.15) is 23.4 Å². The van der Waals surface area contributed by atoms with Gasteiger partial charge in [0.2, 0.25) is 0 Å². The standard InChI is InChI=1S/C8H14N4O2/c1-3-14-8(13)7-10-6(11-12-7)4-5-9-2/h9H,3-5H2,1-2H3,(H,10,11,12). The zero-order valence-electron chi connectivity index (χ0n) is 8.33. The van der Waals surface area contributed by atoms with E-state index in [4.69, 9.17) is 4.74 Å². The van der Waals surface area contributed by atoms with Crippen LogP contribution in [0.15, 0.2) is 0 Å². The Hall–Kier alpha value is -1.43. The lowest BCUT2D eigenvalue weighted by Gasteiger charge is -1.94. The monoisotopic (exact) mass is 198 g/mol. The van der Waals surface area contributed by atoms with Crippen LogP contribution in [0.5, 0.6) is 0 Å². The van der Waals surface area contributed by atoms with E-state index in [1.54, 1.807) is 6.92 Å². The van der Waals surface area contributed by atoms with Crippen LogP contribution < -0.4 is 5.32 Å². The first kappa shape index (κ1) is 10.6. The topological polar surface area (TPSA) is 79.9 Å². The van der Waals surface area contributed by atoms with Gasteiger partial charge < -0.3 is 10.1 Å². The van der Waals surface area contributed by atoms with Gasteiger partial charge in [-0.1, -0.05) is 0 Å². The van der Waals surface area contributed by atoms with Gasteiger partial charge in [-0.05, 0) is 14.0 Å². The minimum Gasteiger partial charge on any atom is -0.460 e. The van der Waals surface area contributed by atoms with Crippen molar-refractivity contribution in [2.24, 2.45) is 0 Å². The molecule has 0 saturated carbocycles. The lowest BCUT2D eigenvalue weighted by atomic mass is 10.4. The maximum atomic E-state index is 11.1. The van der Waals surface area contributed by atoms with Gasteiger partial charge in [0, 0.05) is 13.0 Å². The molecule has 0 atom stereocenters. The zero-order valence-corrected chi connectivity index (χ0v) is 8.33. The maximum absolute atomic E-state index is 11.1. The smallest absolute Gasteiger partial charge is 0.378 e. The summed E-state index contributed by atoms with van der Waals surface area (Å²) in [5.41, 5.74) is 0. The van der Waals surface area contributed by atoms with Gasteiger partial charge in [0.25, 0.3) is 5.82 Å². The Morgan fingerprint density at radius 1 is 1.64 bits per heavy atom. The lowest BCUT2D eigenvalue weighted by Crippen LogP contribution is -2.11. The number of esters is 1. The van der Waals surface area contributed by atoms with Crippen LogP contribution >= 0.6 is 0 Å². The average molecular weight is 198 g/mol. The molecule has 78 valence electrons. The van der Waals surface area contributed by atoms with Gasteiger partial charge in [-0.25, -0.2) is 9.78 Å². The van der Waals surface area contributed by atoms with Crippen LogP contribution in [0.25, 0.3) is 0 Å². The molecule has 2 N–H and O–H groups in total. The molecule has 0 aromatic carbocycles. The largest absolute Gasteiger partial charge is 0.460 e. The SMILES string of the molecule is CCOC(=O)c1n[nH]c(CCNC)n1. The van der Waals surface area contributed by atoms with Crippen LogP contribution in [-0.4, -0.2) is 41.3 Å². The first-order valence-electron chi connectivity index (χ1n) is 4.51. The molecule has 0 spiro atoms. The van der Waals surface area contributed by atoms with Gasteiger partial charge in [-0.3, -0.25) is 5.10 Å². The quantitative estimate of drug-likeness (QED) is 0.637. The van der Waals surface area contributed by atoms with Crippen LogP contribution in [-0.2, 0) is 11.2 Å². The Bertz CT molecular complexity index is 297. The average Bonchev–Trinajstić information content (AvgIpc) is 2.63. The van der Waals surface area contributed by atoms with Crippen molar-refractivity contribution in [3.63, 3.8) is 0 Å². The molecule has 0 fully saturated rings. The van der Waals surface area contributed by atoms with Crippen molar-refractivity contribution >= 4 is 5.97 Å². The highest BCUT2D eigenvalue weighted by atomic mass is 16.5. The summed E-state index contributed by atoms with van der Waals surface area (Å²) >= 11 is 0. The number of hydrogen-bond donors (Lipinski definition) is 2. The van der Waals surface area contributed by atoms with Crippen LogP contribution in [0.2, 0.25) is 0 Å². The lowest BCUT2D eigenvalue weighted by molar-refractivity contribution is 0.0512. The van der Waals surface area contributed by atoms with E-state index >= 15 is 0 Å². The molecule has 1 aromatic rings. The Morgan fingerprint density at radius 2 is 2.43 bits per heavy atom. The fourth-order valence-corrected chi connectivity index (χ4v) is 0.937. The van der Waals surface area contributed by atoms with Gasteiger partial charge in [0.15, 0.2) is 0 Å². The summed E-state index contributed by atoms with van der Waals surface area (Å²) in [5.74, 6) is 0.291. The van der Waals surface area contributed by atoms with E-state index in [1.165, 1.54) is 0 Å². The summed E-state index contributed by atoms with van der Waals surface area (Å²) in [7, 11) is 1.85. The Labute approximate surface area is 82.1 Å². The van der Waals surface area contributed by atoms with Crippen molar-refractivity contribution in [3.05, 3.63) is 11.6 Å². The van der Waals surface area contributed by atoms with Crippen molar-refractivity contribution in [2.45, 2.75) is 13.3 Å². The number of H-pyrrole nitrogens is 1. The zero-order chi connectivity index (χ0) is 10.4. The first-order chi connectivity index (χ1) is 6.77. The number of hydrogen-bond acceptors (Lipinski definition) is 5. The fraction of sp³-hybridized carbons (Fsp3) is 0.625. The molecule has 0 amide bonds. The van der Waals surface area contributed by atoms with E-state index in [1.807, 2.05) is 7.05 Å². The minimum absolute atomic E-state index is 0.0953. The van der Waals surface area contributed by atoms with Gasteiger partial charge in [-0.2, -0.15) is 0 Å². The molecule has 6 heteroatoms. The Morgan fingerprint density at radius 3 is 3.07 bits per heavy atom. The van der Waals surface area contributed by atoms with Crippen molar-refractivity contribution in [3.8, 4) is 0 Å². The Balaban J connectivity index is 2.54. The normalized spacial score (nSPS) is 10.1. The molecular weight excluding hydrogens is 184 g/mol. The molecule has 0 saturated heterocycles. The van der Waals surface area contributed by atoms with E-state index in [2.05, 4.69) is 20.5 Å². The third-order valence-corrected chi connectivity index (χ3v) is 1.60. The molecule has 0 aliphatic rings. The molecule has 0 aliphatic carbocycles. The number of aromatic nitrogens is 3. The number of carbonyl (C=O) groups is 1. The number of nitrogens with zero attached hydrogens (tertiary/aromatic N) is 2. The second-order valence-electron chi connectivity index (χ2n) is 2.68. The summed E-state index contributed by atoms with van der Waals surface area (Å²) in [6.07, 6.45) is 0.711. The van der Waals surface area contributed by atoms with Gasteiger partial charge in [0.1, 0.15) is 5.82 Å². The highest BCUT2D eigenvalue weighted by Gasteiger charge is 2.12. The Kier molecular flexibility index (Phi) is 4.06. The van der Waals surface area contributed by atoms with E-state index in [0.29, 0.717) is 18.9 Å². The molecule has 1 heterocycles. The molecule has 14 heavy (non-hydrogen) atoms. The van der Waals surface area contributed by atoms with Crippen molar-refractivity contribution in [1.82, 2.24) is 20.5 Å². The molecule has 1 aromatic heterocycles. The number of rotatable bonds is 5. The predicted octanol–water partition coefficient (Wildman–Crippen LogP) is -0.257. The number of carbonyl (C=O) groups excluding carboxylic acids is 1. The number of ether oxygens (including phenoxy) is 1. The minimum atomic E-state index is -0.487. The van der Waals surface area contributed by atoms with Crippen LogP contribution in [0.4, 0.5) is 0 Å². The van der Waals surface area contributed by atoms with Crippen molar-refractivity contribution in [2.75, 3.05) is 20.2 Å². The summed E-state index contributed by atoms with van der Waals surface area (Å²) < 4.78 is 4.75.